The van der Waals surface area contributed by atoms with Gasteiger partial charge in [-0.2, -0.15) is 0 Å². The summed E-state index contributed by atoms with van der Waals surface area (Å²) in [6.45, 7) is 5.24. The third-order valence-electron chi connectivity index (χ3n) is 9.64. The molecule has 3 N–H and O–H groups in total. The van der Waals surface area contributed by atoms with Crippen LogP contribution in [0.3, 0.4) is 0 Å². The number of phosphoric ester groups is 1. The van der Waals surface area contributed by atoms with Crippen LogP contribution in [0.5, 0.6) is 0 Å². The molecule has 0 radical (unpaired) electrons. The molecule has 0 rings (SSSR count). The third kappa shape index (κ3) is 41.7. The van der Waals surface area contributed by atoms with Gasteiger partial charge in [-0.3, -0.25) is 18.6 Å². The van der Waals surface area contributed by atoms with Crippen LogP contribution < -0.4 is 5.73 Å². The van der Waals surface area contributed by atoms with Gasteiger partial charge in [0, 0.05) is 19.4 Å². The van der Waals surface area contributed by atoms with E-state index in [-0.39, 0.29) is 38.6 Å². The summed E-state index contributed by atoms with van der Waals surface area (Å²) >= 11 is 0. The number of unbranched alkanes of at least 4 members (excludes halogenated alkanes) is 25. The van der Waals surface area contributed by atoms with Gasteiger partial charge in [-0.1, -0.05) is 166 Å². The average Bonchev–Trinajstić information content (AvgIpc) is 3.17. The summed E-state index contributed by atoms with van der Waals surface area (Å²) in [6.07, 6.45) is 44.9. The van der Waals surface area contributed by atoms with Crippen molar-refractivity contribution in [3.05, 3.63) is 37.0 Å². The van der Waals surface area contributed by atoms with Crippen molar-refractivity contribution in [2.24, 2.45) is 5.73 Å². The van der Waals surface area contributed by atoms with Gasteiger partial charge in [0.05, 0.1) is 13.2 Å². The predicted octanol–water partition coefficient (Wildman–Crippen LogP) is 12.9. The maximum absolute atomic E-state index is 12.6. The van der Waals surface area contributed by atoms with Gasteiger partial charge in [0.15, 0.2) is 6.10 Å². The molecule has 0 aliphatic heterocycles. The van der Waals surface area contributed by atoms with E-state index in [4.69, 9.17) is 24.3 Å². The summed E-state index contributed by atoms with van der Waals surface area (Å²) in [4.78, 5) is 34.9. The molecule has 0 bridgehead atoms. The molecule has 0 aromatic rings. The quantitative estimate of drug-likeness (QED) is 0.0267. The van der Waals surface area contributed by atoms with E-state index in [0.29, 0.717) is 6.42 Å². The SMILES string of the molecule is C=CCCCCCCCCCCCCCCCC(=O)O[C@H](COC(=O)CCCCCCCCCCC/C=C/C/C=C/CCCCC)COP(=O)(O)OCCN. The Kier molecular flexibility index (Phi) is 40.5. The molecule has 10 heteroatoms. The maximum atomic E-state index is 12.6. The minimum atomic E-state index is -4.38. The lowest BCUT2D eigenvalue weighted by molar-refractivity contribution is -0.161. The Morgan fingerprint density at radius 2 is 1.04 bits per heavy atom. The molecule has 2 atom stereocenters. The number of carbonyl (C=O) groups is 2. The molecular formula is C45H84NO8P. The summed E-state index contributed by atoms with van der Waals surface area (Å²) in [7, 11) is -4.38. The second-order valence-electron chi connectivity index (χ2n) is 15.0. The minimum Gasteiger partial charge on any atom is -0.462 e. The Labute approximate surface area is 337 Å². The lowest BCUT2D eigenvalue weighted by Gasteiger charge is -2.19. The molecule has 0 aliphatic carbocycles. The first-order chi connectivity index (χ1) is 26.8. The number of hydrogen-bond donors (Lipinski definition) is 2. The van der Waals surface area contributed by atoms with Crippen LogP contribution in [0.15, 0.2) is 37.0 Å². The highest BCUT2D eigenvalue weighted by molar-refractivity contribution is 7.47. The molecule has 0 fully saturated rings. The van der Waals surface area contributed by atoms with E-state index < -0.39 is 26.5 Å². The normalized spacial score (nSPS) is 13.4. The molecule has 0 amide bonds. The lowest BCUT2D eigenvalue weighted by Crippen LogP contribution is -2.29. The monoisotopic (exact) mass is 798 g/mol. The molecule has 0 saturated carbocycles. The molecule has 0 aromatic heterocycles. The fraction of sp³-hybridized carbons (Fsp3) is 0.822. The molecule has 322 valence electrons. The highest BCUT2D eigenvalue weighted by atomic mass is 31.2. The van der Waals surface area contributed by atoms with E-state index in [1.165, 1.54) is 128 Å². The van der Waals surface area contributed by atoms with E-state index in [2.05, 4.69) is 37.8 Å². The fourth-order valence-corrected chi connectivity index (χ4v) is 7.06. The second-order valence-corrected chi connectivity index (χ2v) is 16.5. The van der Waals surface area contributed by atoms with Gasteiger partial charge >= 0.3 is 19.8 Å². The number of nitrogens with two attached hydrogens (primary N) is 1. The lowest BCUT2D eigenvalue weighted by atomic mass is 10.0. The topological polar surface area (TPSA) is 134 Å². The van der Waals surface area contributed by atoms with Gasteiger partial charge in [0.2, 0.25) is 0 Å². The summed E-state index contributed by atoms with van der Waals surface area (Å²) < 4.78 is 32.8. The zero-order chi connectivity index (χ0) is 40.3. The molecule has 55 heavy (non-hydrogen) atoms. The molecule has 1 unspecified atom stereocenters. The highest BCUT2D eigenvalue weighted by Gasteiger charge is 2.26. The van der Waals surface area contributed by atoms with Crippen LogP contribution in [0.1, 0.15) is 206 Å². The molecule has 9 nitrogen and oxygen atoms in total. The van der Waals surface area contributed by atoms with Gasteiger partial charge < -0.3 is 20.1 Å². The zero-order valence-electron chi connectivity index (χ0n) is 35.2. The van der Waals surface area contributed by atoms with Crippen molar-refractivity contribution in [1.82, 2.24) is 0 Å². The van der Waals surface area contributed by atoms with Crippen molar-refractivity contribution >= 4 is 19.8 Å². The van der Waals surface area contributed by atoms with Crippen molar-refractivity contribution in [2.75, 3.05) is 26.4 Å². The van der Waals surface area contributed by atoms with E-state index >= 15 is 0 Å². The first kappa shape index (κ1) is 53.2. The van der Waals surface area contributed by atoms with Crippen LogP contribution in [0.25, 0.3) is 0 Å². The standard InChI is InChI=1S/C45H84NO8P/c1-3-5-7-9-11-13-15-17-19-20-21-22-24-25-27-29-31-33-35-37-44(47)51-41-43(42-53-55(49,50)52-40-39-46)54-45(48)38-36-34-32-30-28-26-23-18-16-14-12-10-8-6-4-2/h4,11,13,17,19,43H,2-3,5-10,12,14-16,18,20-42,46H2,1H3,(H,49,50)/b13-11+,19-17+/t43-/m1/s1. The average molecular weight is 798 g/mol. The zero-order valence-corrected chi connectivity index (χ0v) is 36.1. The molecule has 0 aromatic carbocycles. The van der Waals surface area contributed by atoms with E-state index in [0.717, 1.165) is 51.4 Å². The van der Waals surface area contributed by atoms with Crippen molar-refractivity contribution in [3.63, 3.8) is 0 Å². The summed E-state index contributed by atoms with van der Waals surface area (Å²) in [5, 5.41) is 0. The van der Waals surface area contributed by atoms with Crippen molar-refractivity contribution in [1.29, 1.82) is 0 Å². The summed E-state index contributed by atoms with van der Waals surface area (Å²) in [5.74, 6) is -0.831. The van der Waals surface area contributed by atoms with Crippen LogP contribution in [0, 0.1) is 0 Å². The minimum absolute atomic E-state index is 0.0524. The van der Waals surface area contributed by atoms with Crippen LogP contribution in [-0.2, 0) is 32.7 Å². The second kappa shape index (κ2) is 41.9. The van der Waals surface area contributed by atoms with Gasteiger partial charge in [0.1, 0.15) is 6.61 Å². The number of carbonyl (C=O) groups excluding carboxylic acids is 2. The van der Waals surface area contributed by atoms with Crippen LogP contribution in [-0.4, -0.2) is 49.3 Å². The van der Waals surface area contributed by atoms with Crippen molar-refractivity contribution in [2.45, 2.75) is 212 Å². The Bertz CT molecular complexity index is 988. The maximum Gasteiger partial charge on any atom is 0.472 e. The number of allylic oxidation sites excluding steroid dienone is 5. The van der Waals surface area contributed by atoms with Crippen LogP contribution >= 0.6 is 7.82 Å². The Hall–Kier alpha value is -1.77. The number of phosphoric acid groups is 1. The van der Waals surface area contributed by atoms with Gasteiger partial charge in [-0.15, -0.1) is 6.58 Å². The van der Waals surface area contributed by atoms with Crippen LogP contribution in [0.4, 0.5) is 0 Å². The van der Waals surface area contributed by atoms with E-state index in [9.17, 15) is 19.0 Å². The van der Waals surface area contributed by atoms with Crippen molar-refractivity contribution < 1.29 is 37.6 Å². The van der Waals surface area contributed by atoms with Gasteiger partial charge in [-0.25, -0.2) is 4.57 Å². The smallest absolute Gasteiger partial charge is 0.462 e. The van der Waals surface area contributed by atoms with E-state index in [1.807, 2.05) is 6.08 Å². The van der Waals surface area contributed by atoms with E-state index in [1.54, 1.807) is 0 Å². The number of rotatable bonds is 43. The number of hydrogen-bond acceptors (Lipinski definition) is 8. The van der Waals surface area contributed by atoms with Crippen molar-refractivity contribution in [3.8, 4) is 0 Å². The number of ether oxygens (including phenoxy) is 2. The first-order valence-electron chi connectivity index (χ1n) is 22.4. The Morgan fingerprint density at radius 3 is 1.51 bits per heavy atom. The van der Waals surface area contributed by atoms with Gasteiger partial charge in [-0.05, 0) is 57.8 Å². The summed E-state index contributed by atoms with van der Waals surface area (Å²) in [5.41, 5.74) is 5.35. The molecule has 0 heterocycles. The highest BCUT2D eigenvalue weighted by Crippen LogP contribution is 2.43. The summed E-state index contributed by atoms with van der Waals surface area (Å²) in [6, 6.07) is 0. The predicted molar refractivity (Wildman–Crippen MR) is 229 cm³/mol. The first-order valence-corrected chi connectivity index (χ1v) is 23.9. The van der Waals surface area contributed by atoms with Crippen LogP contribution in [0.2, 0.25) is 0 Å². The van der Waals surface area contributed by atoms with Gasteiger partial charge in [0.25, 0.3) is 0 Å². The Morgan fingerprint density at radius 1 is 0.600 bits per heavy atom. The third-order valence-corrected chi connectivity index (χ3v) is 10.6. The molecule has 0 aliphatic rings. The Balaban J connectivity index is 4.09. The molecule has 0 saturated heterocycles. The number of esters is 2. The molecular weight excluding hydrogens is 713 g/mol. The molecule has 0 spiro atoms. The fourth-order valence-electron chi connectivity index (χ4n) is 6.29. The largest absolute Gasteiger partial charge is 0.472 e.